The van der Waals surface area contributed by atoms with E-state index >= 15 is 0 Å². The van der Waals surface area contributed by atoms with Crippen molar-refractivity contribution >= 4 is 43.6 Å². The molecule has 2 aromatic heterocycles. The molecule has 0 radical (unpaired) electrons. The van der Waals surface area contributed by atoms with E-state index in [-0.39, 0.29) is 113 Å². The molecule has 0 N–H and O–H groups in total. The fourth-order valence-corrected chi connectivity index (χ4v) is 13.2. The fourth-order valence-electron chi connectivity index (χ4n) is 13.2. The van der Waals surface area contributed by atoms with Crippen LogP contribution in [-0.2, 0) is 49.4 Å². The third-order valence-electron chi connectivity index (χ3n) is 17.9. The summed E-state index contributed by atoms with van der Waals surface area (Å²) in [6.45, 7) is 1.65. The summed E-state index contributed by atoms with van der Waals surface area (Å²) in [4.78, 5) is 0. The molecule has 0 unspecified atom stereocenters. The summed E-state index contributed by atoms with van der Waals surface area (Å²) >= 11 is 0. The Balaban J connectivity index is 1.12. The molecule has 0 fully saturated rings. The molecule has 28 heteroatoms. The zero-order valence-corrected chi connectivity index (χ0v) is 52.4. The molecule has 13 rings (SSSR count). The molecule has 11 aromatic carbocycles. The lowest BCUT2D eigenvalue weighted by molar-refractivity contribution is -0.144. The second-order valence-corrected chi connectivity index (χ2v) is 24.4. The zero-order valence-electron chi connectivity index (χ0n) is 52.4. The van der Waals surface area contributed by atoms with E-state index in [0.29, 0.717) is 54.1 Å². The minimum absolute atomic E-state index is 0.00922. The van der Waals surface area contributed by atoms with Crippen LogP contribution in [0, 0.1) is 29.6 Å². The Morgan fingerprint density at radius 1 is 0.257 bits per heavy atom. The number of rotatable bonds is 8. The number of benzene rings is 11. The van der Waals surface area contributed by atoms with Gasteiger partial charge in [-0.1, -0.05) is 66.7 Å². The number of nitrogens with zero attached hydrogens (tertiary/aromatic N) is 4. The van der Waals surface area contributed by atoms with Crippen LogP contribution in [0.3, 0.4) is 0 Å². The molecule has 0 saturated heterocycles. The predicted octanol–water partition coefficient (Wildman–Crippen LogP) is 26.1. The third kappa shape index (κ3) is 13.1. The van der Waals surface area contributed by atoms with Crippen LogP contribution >= 0.6 is 0 Å². The van der Waals surface area contributed by atoms with E-state index in [2.05, 4.69) is 6.07 Å². The molecular weight excluding hydrogens is 1440 g/mol. The summed E-state index contributed by atoms with van der Waals surface area (Å²) in [5.74, 6) is 0. The molecule has 105 heavy (non-hydrogen) atoms. The molecule has 0 aliphatic rings. The highest BCUT2D eigenvalue weighted by atomic mass is 19.4. The van der Waals surface area contributed by atoms with Gasteiger partial charge in [-0.25, -0.2) is 0 Å². The molecule has 0 bridgehead atoms. The van der Waals surface area contributed by atoms with Crippen LogP contribution in [0.5, 0.6) is 0 Å². The number of aryl methyl sites for hydroxylation is 1. The molecule has 0 amide bonds. The Hall–Kier alpha value is -11.7. The van der Waals surface area contributed by atoms with Crippen molar-refractivity contribution in [3.8, 4) is 90.3 Å². The molecule has 2 heterocycles. The van der Waals surface area contributed by atoms with Crippen molar-refractivity contribution in [2.24, 2.45) is 0 Å². The topological polar surface area (TPSA) is 57.4 Å². The summed E-state index contributed by atoms with van der Waals surface area (Å²) in [6.07, 6.45) is -43.0. The molecule has 0 spiro atoms. The monoisotopic (exact) mass is 1470 g/mol. The molecule has 532 valence electrons. The first kappa shape index (κ1) is 71.7. The summed E-state index contributed by atoms with van der Waals surface area (Å²) < 4.78 is 351. The molecule has 13 aromatic rings. The maximum atomic E-state index is 15.0. The van der Waals surface area contributed by atoms with Crippen LogP contribution in [0.15, 0.2) is 200 Å². The molecule has 0 aliphatic heterocycles. The summed E-state index contributed by atoms with van der Waals surface area (Å²) in [5, 5.41) is 20.9. The van der Waals surface area contributed by atoms with Gasteiger partial charge in [-0.3, -0.25) is 0 Å². The summed E-state index contributed by atoms with van der Waals surface area (Å²) in [5.41, 5.74) is -18.0. The van der Waals surface area contributed by atoms with Crippen molar-refractivity contribution in [2.75, 3.05) is 0 Å². The van der Waals surface area contributed by atoms with Crippen LogP contribution in [0.25, 0.3) is 122 Å². The first-order valence-corrected chi connectivity index (χ1v) is 30.4. The normalized spacial score (nSPS) is 13.0. The van der Waals surface area contributed by atoms with Gasteiger partial charge in [-0.2, -0.15) is 116 Å². The van der Waals surface area contributed by atoms with Gasteiger partial charge in [-0.05, 0) is 202 Å². The Morgan fingerprint density at radius 2 is 0.581 bits per heavy atom. The molecule has 0 aliphatic carbocycles. The second-order valence-electron chi connectivity index (χ2n) is 24.4. The highest BCUT2D eigenvalue weighted by Gasteiger charge is 2.43. The predicted molar refractivity (Wildman–Crippen MR) is 342 cm³/mol. The van der Waals surface area contributed by atoms with Crippen LogP contribution in [0.4, 0.5) is 105 Å². The molecule has 0 atom stereocenters. The maximum absolute atomic E-state index is 15.0. The first-order chi connectivity index (χ1) is 48.9. The molecule has 0 saturated carbocycles. The van der Waals surface area contributed by atoms with Gasteiger partial charge in [0.25, 0.3) is 0 Å². The summed E-state index contributed by atoms with van der Waals surface area (Å²) in [6, 6.07) is 33.8. The quantitative estimate of drug-likeness (QED) is 0.142. The van der Waals surface area contributed by atoms with Gasteiger partial charge in [0.15, 0.2) is 0 Å². The average Bonchev–Trinajstić information content (AvgIpc) is 1.60. The fraction of sp³-hybridized carbons (Fsp3) is 0.117. The van der Waals surface area contributed by atoms with E-state index in [1.807, 2.05) is 6.07 Å². The Morgan fingerprint density at radius 3 is 0.895 bits per heavy atom. The second kappa shape index (κ2) is 24.8. The van der Waals surface area contributed by atoms with E-state index in [9.17, 15) is 116 Å². The van der Waals surface area contributed by atoms with Gasteiger partial charge in [-0.15, -0.1) is 0 Å². The average molecular weight is 1470 g/mol. The van der Waals surface area contributed by atoms with Gasteiger partial charge >= 0.3 is 49.4 Å². The van der Waals surface area contributed by atoms with Crippen LogP contribution in [0.2, 0.25) is 0 Å². The smallest absolute Gasteiger partial charge is 0.309 e. The van der Waals surface area contributed by atoms with E-state index < -0.39 is 138 Å². The SMILES string of the molecule is Cc1ccc(-c2ccc(-n3c4ccc(-c5ccc(C(F)(F)F)cc5C(F)(F)F)cc4c4cc(-c5ccc(C(F)(F)F)cc5C(F)(F)F)ccc43)cc2-c2cc(C#N)ccc2-n2c3ccc(-c4ccc(C(F)(F)F)cc4C(F)(F)F)cc3c3cc(-c4ccc(C(F)(F)F)cc4C(F)(F)F)ccc32)c(C#N)c1. The number of hydrogen-bond donors (Lipinski definition) is 0. The van der Waals surface area contributed by atoms with Gasteiger partial charge in [0, 0.05) is 38.4 Å². The number of hydrogen-bond acceptors (Lipinski definition) is 2. The number of alkyl halides is 24. The van der Waals surface area contributed by atoms with E-state index in [0.717, 1.165) is 48.5 Å². The van der Waals surface area contributed by atoms with Crippen molar-refractivity contribution in [1.82, 2.24) is 9.13 Å². The zero-order chi connectivity index (χ0) is 76.0. The van der Waals surface area contributed by atoms with Gasteiger partial charge in [0.1, 0.15) is 0 Å². The van der Waals surface area contributed by atoms with Crippen molar-refractivity contribution in [3.63, 3.8) is 0 Å². The highest BCUT2D eigenvalue weighted by molar-refractivity contribution is 6.14. The van der Waals surface area contributed by atoms with E-state index in [4.69, 9.17) is 0 Å². The lowest BCUT2D eigenvalue weighted by Gasteiger charge is -2.20. The number of halogens is 24. The lowest BCUT2D eigenvalue weighted by Crippen LogP contribution is -2.12. The number of fused-ring (bicyclic) bond motifs is 6. The lowest BCUT2D eigenvalue weighted by atomic mass is 9.89. The van der Waals surface area contributed by atoms with Gasteiger partial charge < -0.3 is 9.13 Å². The number of nitriles is 2. The van der Waals surface area contributed by atoms with Crippen LogP contribution in [-0.4, -0.2) is 9.13 Å². The highest BCUT2D eigenvalue weighted by Crippen LogP contribution is 2.51. The van der Waals surface area contributed by atoms with Gasteiger partial charge in [0.2, 0.25) is 0 Å². The minimum atomic E-state index is -5.47. The van der Waals surface area contributed by atoms with E-state index in [1.165, 1.54) is 81.9 Å². The largest absolute Gasteiger partial charge is 0.417 e. The van der Waals surface area contributed by atoms with Crippen LogP contribution < -0.4 is 0 Å². The Labute approximate surface area is 574 Å². The van der Waals surface area contributed by atoms with Crippen molar-refractivity contribution < 1.29 is 105 Å². The number of aromatic nitrogens is 2. The van der Waals surface area contributed by atoms with E-state index in [1.54, 1.807) is 13.0 Å². The van der Waals surface area contributed by atoms with Gasteiger partial charge in [0.05, 0.1) is 95.5 Å². The standard InChI is InChI=1S/C77H36F24N4/c1-37-2-13-49(43(24-37)36-103)54-18-12-48(104-65-20-4-39(50-14-8-44(70(78,79)80)30-61(50)74(90,91)92)26-57(65)58-27-40(5-21-66(58)104)51-15-9-45(71(81,82)83)31-62(51)75(93,94)95)34-55(54)56-25-38(35-102)3-19-67(56)105-68-22-6-41(52-16-10-46(72(84,85)86)32-63(52)76(96,97)98)28-59(68)60-29-42(7-23-69(60)105)53-17-11-47(73(87,88)89)33-64(53)77(99,100)101/h2-34H,1H3. The van der Waals surface area contributed by atoms with Crippen molar-refractivity contribution in [1.29, 1.82) is 10.5 Å². The first-order valence-electron chi connectivity index (χ1n) is 30.4. The molecule has 4 nitrogen and oxygen atoms in total. The Bertz CT molecular complexity index is 5570. The van der Waals surface area contributed by atoms with Crippen molar-refractivity contribution in [3.05, 3.63) is 261 Å². The Kier molecular flexibility index (Phi) is 16.9. The summed E-state index contributed by atoms with van der Waals surface area (Å²) in [7, 11) is 0. The van der Waals surface area contributed by atoms with Crippen LogP contribution in [0.1, 0.15) is 61.2 Å². The molecular formula is C77H36F24N4. The minimum Gasteiger partial charge on any atom is -0.309 e. The maximum Gasteiger partial charge on any atom is 0.417 e. The third-order valence-corrected chi connectivity index (χ3v) is 17.9. The van der Waals surface area contributed by atoms with Crippen molar-refractivity contribution in [2.45, 2.75) is 56.3 Å².